The van der Waals surface area contributed by atoms with Crippen LogP contribution in [-0.4, -0.2) is 18.3 Å². The van der Waals surface area contributed by atoms with E-state index in [1.54, 1.807) is 30.3 Å². The highest BCUT2D eigenvalue weighted by Gasteiger charge is 2.22. The summed E-state index contributed by atoms with van der Waals surface area (Å²) < 4.78 is 5.60. The molecule has 2 aromatic rings. The number of ketones is 1. The van der Waals surface area contributed by atoms with E-state index in [9.17, 15) is 9.59 Å². The van der Waals surface area contributed by atoms with Gasteiger partial charge in [-0.15, -0.1) is 0 Å². The van der Waals surface area contributed by atoms with Crippen molar-refractivity contribution in [3.05, 3.63) is 58.1 Å². The first-order valence-corrected chi connectivity index (χ1v) is 7.76. The van der Waals surface area contributed by atoms with Gasteiger partial charge in [0.05, 0.1) is 0 Å². The first kappa shape index (κ1) is 15.6. The Bertz CT molecular complexity index is 786. The zero-order valence-electron chi connectivity index (χ0n) is 12.7. The van der Waals surface area contributed by atoms with Crippen molar-refractivity contribution in [2.45, 2.75) is 19.8 Å². The van der Waals surface area contributed by atoms with Gasteiger partial charge < -0.3 is 10.1 Å². The quantitative estimate of drug-likeness (QED) is 0.928. The van der Waals surface area contributed by atoms with Crippen LogP contribution in [0.1, 0.15) is 27.9 Å². The van der Waals surface area contributed by atoms with Crippen LogP contribution in [-0.2, 0) is 11.2 Å². The van der Waals surface area contributed by atoms with Crippen LogP contribution in [0.15, 0.2) is 36.4 Å². The molecule has 0 radical (unpaired) electrons. The zero-order valence-corrected chi connectivity index (χ0v) is 13.4. The third-order valence-corrected chi connectivity index (χ3v) is 4.10. The number of hydrogen-bond donors (Lipinski definition) is 1. The number of nitrogens with one attached hydrogen (secondary N) is 1. The number of carbonyl (C=O) groups excluding carboxylic acids is 2. The number of ether oxygens (including phenoxy) is 1. The highest BCUT2D eigenvalue weighted by molar-refractivity contribution is 6.31. The Balaban J connectivity index is 1.66. The lowest BCUT2D eigenvalue weighted by atomic mass is 10.1. The van der Waals surface area contributed by atoms with E-state index in [1.165, 1.54) is 0 Å². The molecule has 0 fully saturated rings. The molecule has 0 aromatic heterocycles. The van der Waals surface area contributed by atoms with Crippen molar-refractivity contribution in [3.63, 3.8) is 0 Å². The fourth-order valence-electron chi connectivity index (χ4n) is 2.65. The molecule has 0 saturated carbocycles. The number of halogens is 1. The molecule has 23 heavy (non-hydrogen) atoms. The molecule has 118 valence electrons. The third kappa shape index (κ3) is 3.37. The van der Waals surface area contributed by atoms with Crippen molar-refractivity contribution in [1.82, 2.24) is 0 Å². The molecule has 0 aliphatic heterocycles. The molecule has 0 spiro atoms. The molecule has 0 heterocycles. The van der Waals surface area contributed by atoms with Gasteiger partial charge in [0.1, 0.15) is 5.75 Å². The molecule has 0 unspecified atom stereocenters. The van der Waals surface area contributed by atoms with E-state index in [2.05, 4.69) is 5.32 Å². The van der Waals surface area contributed by atoms with Crippen molar-refractivity contribution in [1.29, 1.82) is 0 Å². The Morgan fingerprint density at radius 1 is 1.26 bits per heavy atom. The van der Waals surface area contributed by atoms with Gasteiger partial charge in [-0.1, -0.05) is 29.8 Å². The molecule has 3 rings (SSSR count). The minimum absolute atomic E-state index is 0.114. The van der Waals surface area contributed by atoms with Crippen LogP contribution in [0, 0.1) is 6.92 Å². The average Bonchev–Trinajstić information content (AvgIpc) is 2.91. The molecular formula is C18H16ClNO3. The van der Waals surface area contributed by atoms with Gasteiger partial charge in [0.2, 0.25) is 0 Å². The third-order valence-electron chi connectivity index (χ3n) is 3.87. The maximum atomic E-state index is 12.1. The van der Waals surface area contributed by atoms with Gasteiger partial charge in [0.25, 0.3) is 5.91 Å². The van der Waals surface area contributed by atoms with Gasteiger partial charge in [-0.05, 0) is 37.1 Å². The Morgan fingerprint density at radius 2 is 2.09 bits per heavy atom. The summed E-state index contributed by atoms with van der Waals surface area (Å²) in [5, 5.41) is 3.34. The molecule has 1 amide bonds. The van der Waals surface area contributed by atoms with Crippen LogP contribution in [0.5, 0.6) is 5.75 Å². The normalized spacial score (nSPS) is 12.9. The minimum atomic E-state index is -0.266. The largest absolute Gasteiger partial charge is 0.483 e. The maximum Gasteiger partial charge on any atom is 0.262 e. The van der Waals surface area contributed by atoms with E-state index in [0.717, 1.165) is 11.1 Å². The van der Waals surface area contributed by atoms with Gasteiger partial charge in [0, 0.05) is 28.3 Å². The SMILES string of the molecule is Cc1ccc(Cl)cc1NC(=O)COc1cccc2c1CCC2=O. The second-order valence-electron chi connectivity index (χ2n) is 5.50. The van der Waals surface area contributed by atoms with E-state index >= 15 is 0 Å². The summed E-state index contributed by atoms with van der Waals surface area (Å²) in [7, 11) is 0. The van der Waals surface area contributed by atoms with Crippen LogP contribution in [0.25, 0.3) is 0 Å². The first-order valence-electron chi connectivity index (χ1n) is 7.38. The van der Waals surface area contributed by atoms with Crippen molar-refractivity contribution in [2.75, 3.05) is 11.9 Å². The smallest absolute Gasteiger partial charge is 0.262 e. The van der Waals surface area contributed by atoms with E-state index in [-0.39, 0.29) is 18.3 Å². The Hall–Kier alpha value is -2.33. The molecule has 5 heteroatoms. The fourth-order valence-corrected chi connectivity index (χ4v) is 2.82. The van der Waals surface area contributed by atoms with E-state index < -0.39 is 0 Å². The highest BCUT2D eigenvalue weighted by atomic mass is 35.5. The summed E-state index contributed by atoms with van der Waals surface area (Å²) in [6.07, 6.45) is 1.17. The van der Waals surface area contributed by atoms with E-state index in [4.69, 9.17) is 16.3 Å². The lowest BCUT2D eigenvalue weighted by Gasteiger charge is -2.12. The van der Waals surface area contributed by atoms with Crippen molar-refractivity contribution in [2.24, 2.45) is 0 Å². The average molecular weight is 330 g/mol. The van der Waals surface area contributed by atoms with Crippen molar-refractivity contribution < 1.29 is 14.3 Å². The summed E-state index contributed by atoms with van der Waals surface area (Å²) in [6, 6.07) is 10.7. The molecule has 0 saturated heterocycles. The van der Waals surface area contributed by atoms with Crippen LogP contribution in [0.2, 0.25) is 5.02 Å². The van der Waals surface area contributed by atoms with Gasteiger partial charge >= 0.3 is 0 Å². The van der Waals surface area contributed by atoms with Crippen LogP contribution >= 0.6 is 11.6 Å². The zero-order chi connectivity index (χ0) is 16.4. The number of hydrogen-bond acceptors (Lipinski definition) is 3. The predicted molar refractivity (Wildman–Crippen MR) is 89.4 cm³/mol. The number of fused-ring (bicyclic) bond motifs is 1. The van der Waals surface area contributed by atoms with Gasteiger partial charge in [-0.25, -0.2) is 0 Å². The Kier molecular flexibility index (Phi) is 4.35. The molecule has 1 aliphatic carbocycles. The number of benzene rings is 2. The number of amides is 1. The lowest BCUT2D eigenvalue weighted by molar-refractivity contribution is -0.118. The van der Waals surface area contributed by atoms with Crippen molar-refractivity contribution >= 4 is 29.0 Å². The molecule has 0 bridgehead atoms. The molecular weight excluding hydrogens is 314 g/mol. The van der Waals surface area contributed by atoms with Gasteiger partial charge in [-0.3, -0.25) is 9.59 Å². The number of rotatable bonds is 4. The van der Waals surface area contributed by atoms with Gasteiger partial charge in [0.15, 0.2) is 12.4 Å². The maximum absolute atomic E-state index is 12.1. The summed E-state index contributed by atoms with van der Waals surface area (Å²) in [6.45, 7) is 1.78. The topological polar surface area (TPSA) is 55.4 Å². The summed E-state index contributed by atoms with van der Waals surface area (Å²) in [5.41, 5.74) is 3.19. The van der Waals surface area contributed by atoms with E-state index in [1.807, 2.05) is 13.0 Å². The standard InChI is InChI=1S/C18H16ClNO3/c1-11-5-6-12(19)9-15(11)20-18(22)10-23-17-4-2-3-13-14(17)7-8-16(13)21/h2-6,9H,7-8,10H2,1H3,(H,20,22). The molecule has 4 nitrogen and oxygen atoms in total. The fraction of sp³-hybridized carbons (Fsp3) is 0.222. The Morgan fingerprint density at radius 3 is 2.91 bits per heavy atom. The summed E-state index contributed by atoms with van der Waals surface area (Å²) in [5.74, 6) is 0.466. The number of aryl methyl sites for hydroxylation is 1. The molecule has 1 N–H and O–H groups in total. The van der Waals surface area contributed by atoms with Crippen molar-refractivity contribution in [3.8, 4) is 5.75 Å². The summed E-state index contributed by atoms with van der Waals surface area (Å²) in [4.78, 5) is 23.8. The second-order valence-corrected chi connectivity index (χ2v) is 5.94. The minimum Gasteiger partial charge on any atom is -0.483 e. The number of Topliss-reactive ketones (excluding diaryl/α,β-unsaturated/α-hetero) is 1. The lowest BCUT2D eigenvalue weighted by Crippen LogP contribution is -2.21. The first-order chi connectivity index (χ1) is 11.0. The second kappa shape index (κ2) is 6.42. The molecule has 2 aromatic carbocycles. The summed E-state index contributed by atoms with van der Waals surface area (Å²) >= 11 is 5.94. The van der Waals surface area contributed by atoms with E-state index in [0.29, 0.717) is 34.9 Å². The van der Waals surface area contributed by atoms with Crippen LogP contribution in [0.4, 0.5) is 5.69 Å². The van der Waals surface area contributed by atoms with Crippen LogP contribution < -0.4 is 10.1 Å². The van der Waals surface area contributed by atoms with Gasteiger partial charge in [-0.2, -0.15) is 0 Å². The monoisotopic (exact) mass is 329 g/mol. The Labute approximate surface area is 139 Å². The molecule has 0 atom stereocenters. The highest BCUT2D eigenvalue weighted by Crippen LogP contribution is 2.30. The van der Waals surface area contributed by atoms with Crippen LogP contribution in [0.3, 0.4) is 0 Å². The predicted octanol–water partition coefficient (Wildman–Crippen LogP) is 3.79. The number of carbonyl (C=O) groups is 2. The molecule has 1 aliphatic rings. The number of anilines is 1.